The van der Waals surface area contributed by atoms with E-state index >= 15 is 0 Å². The number of rotatable bonds is 7. The molecule has 0 spiro atoms. The maximum atomic E-state index is 12.0. The number of amides is 2. The van der Waals surface area contributed by atoms with Crippen LogP contribution in [0.4, 0.5) is 0 Å². The Balaban J connectivity index is 1.81. The fraction of sp³-hybridized carbons (Fsp3) is 0.500. The van der Waals surface area contributed by atoms with Gasteiger partial charge >= 0.3 is 0 Å². The van der Waals surface area contributed by atoms with Crippen LogP contribution in [0.1, 0.15) is 24.8 Å². The first-order valence-electron chi connectivity index (χ1n) is 7.71. The van der Waals surface area contributed by atoms with E-state index in [0.717, 1.165) is 5.56 Å². The van der Waals surface area contributed by atoms with Gasteiger partial charge in [0.2, 0.25) is 11.8 Å². The molecule has 0 aliphatic carbocycles. The van der Waals surface area contributed by atoms with Gasteiger partial charge in [-0.1, -0.05) is 37.3 Å². The van der Waals surface area contributed by atoms with E-state index in [4.69, 9.17) is 0 Å². The van der Waals surface area contributed by atoms with Gasteiger partial charge in [-0.2, -0.15) is 0 Å². The fourth-order valence-electron chi connectivity index (χ4n) is 2.59. The van der Waals surface area contributed by atoms with Gasteiger partial charge in [-0.15, -0.1) is 0 Å². The zero-order valence-corrected chi connectivity index (χ0v) is 14.0. The quantitative estimate of drug-likeness (QED) is 0.787. The lowest BCUT2D eigenvalue weighted by Crippen LogP contribution is -2.39. The highest BCUT2D eigenvalue weighted by Crippen LogP contribution is 2.27. The first-order valence-corrected chi connectivity index (χ1v) is 9.53. The van der Waals surface area contributed by atoms with Crippen LogP contribution in [-0.4, -0.2) is 56.3 Å². The summed E-state index contributed by atoms with van der Waals surface area (Å²) in [6.07, 6.45) is 0.404. The van der Waals surface area contributed by atoms with Crippen LogP contribution in [0.15, 0.2) is 30.3 Å². The summed E-state index contributed by atoms with van der Waals surface area (Å²) in [7, 11) is -3.09. The van der Waals surface area contributed by atoms with Crippen molar-refractivity contribution in [2.45, 2.75) is 19.3 Å². The minimum absolute atomic E-state index is 0.0195. The molecule has 1 heterocycles. The molecule has 2 rings (SSSR count). The molecule has 1 aliphatic rings. The van der Waals surface area contributed by atoms with Gasteiger partial charge in [0.1, 0.15) is 0 Å². The van der Waals surface area contributed by atoms with Crippen molar-refractivity contribution in [3.05, 3.63) is 35.9 Å². The van der Waals surface area contributed by atoms with Crippen molar-refractivity contribution in [2.75, 3.05) is 31.1 Å². The molecular weight excluding hydrogens is 316 g/mol. The maximum Gasteiger partial charge on any atom is 0.239 e. The summed E-state index contributed by atoms with van der Waals surface area (Å²) in [5, 5.41) is 2.56. The first kappa shape index (κ1) is 17.5. The number of sulfone groups is 1. The molecule has 23 heavy (non-hydrogen) atoms. The molecule has 0 saturated carbocycles. The summed E-state index contributed by atoms with van der Waals surface area (Å²) in [5.74, 6) is -0.271. The molecule has 6 nitrogen and oxygen atoms in total. The molecule has 126 valence electrons. The molecule has 1 unspecified atom stereocenters. The standard InChI is InChI=1S/C16H22N2O4S/c1-2-23(21,22)9-8-17-15(19)12-18-11-14(10-16(18)20)13-6-4-3-5-7-13/h3-7,14H,2,8-12H2,1H3,(H,17,19). The van der Waals surface area contributed by atoms with E-state index in [2.05, 4.69) is 5.32 Å². The van der Waals surface area contributed by atoms with Gasteiger partial charge in [-0.05, 0) is 5.56 Å². The largest absolute Gasteiger partial charge is 0.354 e. The van der Waals surface area contributed by atoms with Crippen LogP contribution in [0.25, 0.3) is 0 Å². The summed E-state index contributed by atoms with van der Waals surface area (Å²) < 4.78 is 22.7. The summed E-state index contributed by atoms with van der Waals surface area (Å²) >= 11 is 0. The van der Waals surface area contributed by atoms with Gasteiger partial charge in [0.15, 0.2) is 9.84 Å². The third-order valence-electron chi connectivity index (χ3n) is 4.00. The topological polar surface area (TPSA) is 83.6 Å². The van der Waals surface area contributed by atoms with Gasteiger partial charge < -0.3 is 10.2 Å². The highest BCUT2D eigenvalue weighted by Gasteiger charge is 2.31. The van der Waals surface area contributed by atoms with E-state index < -0.39 is 9.84 Å². The minimum atomic E-state index is -3.09. The van der Waals surface area contributed by atoms with E-state index in [0.29, 0.717) is 13.0 Å². The van der Waals surface area contributed by atoms with Crippen molar-refractivity contribution in [3.8, 4) is 0 Å². The number of likely N-dealkylation sites (tertiary alicyclic amines) is 1. The number of nitrogens with one attached hydrogen (secondary N) is 1. The fourth-order valence-corrected chi connectivity index (χ4v) is 3.29. The normalized spacial score (nSPS) is 18.2. The highest BCUT2D eigenvalue weighted by atomic mass is 32.2. The van der Waals surface area contributed by atoms with Gasteiger partial charge in [0.05, 0.1) is 12.3 Å². The second-order valence-corrected chi connectivity index (χ2v) is 8.15. The van der Waals surface area contributed by atoms with E-state index in [1.807, 2.05) is 30.3 Å². The number of hydrogen-bond acceptors (Lipinski definition) is 4. The predicted octanol–water partition coefficient (Wildman–Crippen LogP) is 0.553. The monoisotopic (exact) mass is 338 g/mol. The van der Waals surface area contributed by atoms with Gasteiger partial charge in [-0.25, -0.2) is 8.42 Å². The van der Waals surface area contributed by atoms with Crippen molar-refractivity contribution in [2.24, 2.45) is 0 Å². The average Bonchev–Trinajstić information content (AvgIpc) is 2.89. The number of carbonyl (C=O) groups excluding carboxylic acids is 2. The Hall–Kier alpha value is -1.89. The van der Waals surface area contributed by atoms with Crippen LogP contribution < -0.4 is 5.32 Å². The lowest BCUT2D eigenvalue weighted by Gasteiger charge is -2.16. The van der Waals surface area contributed by atoms with Crippen molar-refractivity contribution in [3.63, 3.8) is 0 Å². The van der Waals surface area contributed by atoms with Gasteiger partial charge in [-0.3, -0.25) is 9.59 Å². The van der Waals surface area contributed by atoms with Crippen LogP contribution in [0, 0.1) is 0 Å². The molecule has 7 heteroatoms. The average molecular weight is 338 g/mol. The molecule has 1 atom stereocenters. The molecule has 1 aromatic carbocycles. The highest BCUT2D eigenvalue weighted by molar-refractivity contribution is 7.91. The number of hydrogen-bond donors (Lipinski definition) is 1. The summed E-state index contributed by atoms with van der Waals surface area (Å²) in [6.45, 7) is 2.15. The Labute approximate surface area is 136 Å². The number of carbonyl (C=O) groups is 2. The molecule has 0 aromatic heterocycles. The first-order chi connectivity index (χ1) is 10.9. The predicted molar refractivity (Wildman–Crippen MR) is 87.7 cm³/mol. The van der Waals surface area contributed by atoms with E-state index in [9.17, 15) is 18.0 Å². The Morgan fingerprint density at radius 3 is 2.65 bits per heavy atom. The SMILES string of the molecule is CCS(=O)(=O)CCNC(=O)CN1CC(c2ccccc2)CC1=O. The molecule has 2 amide bonds. The molecule has 1 fully saturated rings. The second-order valence-electron chi connectivity index (χ2n) is 5.67. The van der Waals surface area contributed by atoms with Crippen molar-refractivity contribution in [1.29, 1.82) is 0 Å². The second kappa shape index (κ2) is 7.59. The summed E-state index contributed by atoms with van der Waals surface area (Å²) in [5.41, 5.74) is 1.10. The van der Waals surface area contributed by atoms with Gasteiger partial charge in [0.25, 0.3) is 0 Å². The van der Waals surface area contributed by atoms with E-state index in [-0.39, 0.29) is 42.3 Å². The molecular formula is C16H22N2O4S. The smallest absolute Gasteiger partial charge is 0.239 e. The molecule has 1 aliphatic heterocycles. The maximum absolute atomic E-state index is 12.0. The summed E-state index contributed by atoms with van der Waals surface area (Å²) in [4.78, 5) is 25.4. The Kier molecular flexibility index (Phi) is 5.76. The Morgan fingerprint density at radius 2 is 2.00 bits per heavy atom. The van der Waals surface area contributed by atoms with Crippen molar-refractivity contribution in [1.82, 2.24) is 10.2 Å². The number of benzene rings is 1. The van der Waals surface area contributed by atoms with Crippen LogP contribution in [-0.2, 0) is 19.4 Å². The molecule has 0 radical (unpaired) electrons. The van der Waals surface area contributed by atoms with Crippen LogP contribution >= 0.6 is 0 Å². The van der Waals surface area contributed by atoms with Crippen molar-refractivity contribution < 1.29 is 18.0 Å². The minimum Gasteiger partial charge on any atom is -0.354 e. The van der Waals surface area contributed by atoms with Crippen molar-refractivity contribution >= 4 is 21.7 Å². The third kappa shape index (κ3) is 5.06. The van der Waals surface area contributed by atoms with E-state index in [1.54, 1.807) is 6.92 Å². The Morgan fingerprint density at radius 1 is 1.30 bits per heavy atom. The Bertz CT molecular complexity index is 658. The van der Waals surface area contributed by atoms with Crippen LogP contribution in [0.2, 0.25) is 0 Å². The zero-order valence-electron chi connectivity index (χ0n) is 13.2. The zero-order chi connectivity index (χ0) is 16.9. The lowest BCUT2D eigenvalue weighted by molar-refractivity contribution is -0.133. The van der Waals surface area contributed by atoms with Crippen LogP contribution in [0.5, 0.6) is 0 Å². The number of nitrogens with zero attached hydrogens (tertiary/aromatic N) is 1. The molecule has 1 N–H and O–H groups in total. The molecule has 0 bridgehead atoms. The van der Waals surface area contributed by atoms with Gasteiger partial charge in [0, 0.05) is 31.2 Å². The third-order valence-corrected chi connectivity index (χ3v) is 5.70. The molecule has 1 aromatic rings. The summed E-state index contributed by atoms with van der Waals surface area (Å²) in [6, 6.07) is 9.76. The lowest BCUT2D eigenvalue weighted by atomic mass is 9.99. The van der Waals surface area contributed by atoms with E-state index in [1.165, 1.54) is 4.90 Å². The van der Waals surface area contributed by atoms with Crippen LogP contribution in [0.3, 0.4) is 0 Å². The molecule has 1 saturated heterocycles.